The number of benzene rings is 3. The molecule has 0 aliphatic heterocycles. The van der Waals surface area contributed by atoms with Gasteiger partial charge in [0.2, 0.25) is 0 Å². The average Bonchev–Trinajstić information content (AvgIpc) is 2.82. The highest BCUT2D eigenvalue weighted by atomic mass is 16.5. The summed E-state index contributed by atoms with van der Waals surface area (Å²) in [6.07, 6.45) is 2.23. The molecule has 0 aliphatic carbocycles. The van der Waals surface area contributed by atoms with Crippen molar-refractivity contribution in [1.82, 2.24) is 5.32 Å². The first-order chi connectivity index (χ1) is 15.6. The summed E-state index contributed by atoms with van der Waals surface area (Å²) in [4.78, 5) is 24.3. The first-order valence-corrected chi connectivity index (χ1v) is 10.9. The number of ketones is 1. The number of hydrogen-bond acceptors (Lipinski definition) is 4. The highest BCUT2D eigenvalue weighted by Gasteiger charge is 2.12. The van der Waals surface area contributed by atoms with Crippen LogP contribution in [0.4, 0.5) is 0 Å². The molecule has 3 rings (SSSR count). The number of hydrogen-bond donors (Lipinski definition) is 2. The Balaban J connectivity index is 1.70. The van der Waals surface area contributed by atoms with Gasteiger partial charge in [0.1, 0.15) is 12.4 Å². The minimum atomic E-state index is -0.180. The number of Topliss-reactive ketones (excluding diaryl/α,β-unsaturated/α-hetero) is 1. The summed E-state index contributed by atoms with van der Waals surface area (Å²) < 4.78 is 6.07. The molecule has 0 heterocycles. The summed E-state index contributed by atoms with van der Waals surface area (Å²) in [5.41, 5.74) is 4.31. The Bertz CT molecular complexity index is 1050. The molecule has 2 N–H and O–H groups in total. The highest BCUT2D eigenvalue weighted by molar-refractivity contribution is 5.95. The van der Waals surface area contributed by atoms with Crippen LogP contribution in [0.3, 0.4) is 0 Å². The van der Waals surface area contributed by atoms with E-state index in [9.17, 15) is 9.59 Å². The summed E-state index contributed by atoms with van der Waals surface area (Å²) in [6, 6.07) is 23.0. The minimum Gasteiger partial charge on any atom is -0.489 e. The fourth-order valence-electron chi connectivity index (χ4n) is 3.56. The van der Waals surface area contributed by atoms with Gasteiger partial charge >= 0.3 is 0 Å². The van der Waals surface area contributed by atoms with Crippen molar-refractivity contribution < 1.29 is 19.4 Å². The predicted octanol–water partition coefficient (Wildman–Crippen LogP) is 4.37. The Hall–Kier alpha value is -3.44. The maximum Gasteiger partial charge on any atom is 0.251 e. The van der Waals surface area contributed by atoms with E-state index in [2.05, 4.69) is 5.32 Å². The maximum atomic E-state index is 12.4. The summed E-state index contributed by atoms with van der Waals surface area (Å²) in [5, 5.41) is 11.7. The van der Waals surface area contributed by atoms with Crippen LogP contribution in [0.5, 0.6) is 5.75 Å². The number of aryl methyl sites for hydroxylation is 2. The van der Waals surface area contributed by atoms with Gasteiger partial charge < -0.3 is 15.2 Å². The summed E-state index contributed by atoms with van der Waals surface area (Å²) in [7, 11) is 0. The third-order valence-electron chi connectivity index (χ3n) is 5.26. The molecule has 0 aromatic heterocycles. The molecule has 0 atom stereocenters. The fraction of sp³-hybridized carbons (Fsp3) is 0.259. The molecule has 3 aromatic rings. The fourth-order valence-corrected chi connectivity index (χ4v) is 3.56. The van der Waals surface area contributed by atoms with Crippen molar-refractivity contribution in [3.05, 3.63) is 101 Å². The number of aliphatic hydroxyl groups is 1. The second-order valence-electron chi connectivity index (χ2n) is 7.64. The largest absolute Gasteiger partial charge is 0.489 e. The van der Waals surface area contributed by atoms with E-state index in [1.807, 2.05) is 60.7 Å². The lowest BCUT2D eigenvalue weighted by molar-refractivity contribution is 0.0943. The van der Waals surface area contributed by atoms with Gasteiger partial charge in [-0.05, 0) is 67.1 Å². The van der Waals surface area contributed by atoms with E-state index < -0.39 is 0 Å². The number of nitrogens with one attached hydrogen (secondary N) is 1. The molecule has 5 nitrogen and oxygen atoms in total. The lowest BCUT2D eigenvalue weighted by atomic mass is 9.97. The number of ether oxygens (including phenoxy) is 1. The second kappa shape index (κ2) is 11.8. The monoisotopic (exact) mass is 431 g/mol. The smallest absolute Gasteiger partial charge is 0.251 e. The van der Waals surface area contributed by atoms with E-state index >= 15 is 0 Å². The van der Waals surface area contributed by atoms with Crippen molar-refractivity contribution in [2.24, 2.45) is 0 Å². The van der Waals surface area contributed by atoms with Gasteiger partial charge in [0.15, 0.2) is 5.78 Å². The molecule has 3 aromatic carbocycles. The van der Waals surface area contributed by atoms with Crippen molar-refractivity contribution in [1.29, 1.82) is 0 Å². The van der Waals surface area contributed by atoms with E-state index in [1.165, 1.54) is 0 Å². The van der Waals surface area contributed by atoms with Gasteiger partial charge in [0.05, 0.1) is 6.61 Å². The quantitative estimate of drug-likeness (QED) is 0.442. The van der Waals surface area contributed by atoms with Crippen molar-refractivity contribution in [2.45, 2.75) is 32.8 Å². The van der Waals surface area contributed by atoms with Crippen molar-refractivity contribution in [3.63, 3.8) is 0 Å². The van der Waals surface area contributed by atoms with Gasteiger partial charge in [-0.1, -0.05) is 48.5 Å². The molecule has 0 saturated carbocycles. The molecule has 32 heavy (non-hydrogen) atoms. The van der Waals surface area contributed by atoms with Crippen molar-refractivity contribution >= 4 is 11.7 Å². The SMILES string of the molecule is CC(=O)c1ccc(OCc2ccccc2)c(CCCc2ccccc2C(=O)NCCO)c1. The number of carbonyl (C=O) groups excluding carboxylic acids is 2. The third-order valence-corrected chi connectivity index (χ3v) is 5.26. The van der Waals surface area contributed by atoms with Crippen molar-refractivity contribution in [3.8, 4) is 5.75 Å². The van der Waals surface area contributed by atoms with E-state index in [1.54, 1.807) is 19.1 Å². The zero-order valence-electron chi connectivity index (χ0n) is 18.3. The van der Waals surface area contributed by atoms with Gasteiger partial charge in [-0.2, -0.15) is 0 Å². The molecule has 0 fully saturated rings. The Morgan fingerprint density at radius 2 is 1.62 bits per heavy atom. The lowest BCUT2D eigenvalue weighted by Gasteiger charge is -2.14. The number of aliphatic hydroxyl groups excluding tert-OH is 1. The van der Waals surface area contributed by atoms with E-state index in [-0.39, 0.29) is 24.8 Å². The van der Waals surface area contributed by atoms with Crippen LogP contribution < -0.4 is 10.1 Å². The molecular weight excluding hydrogens is 402 g/mol. The normalized spacial score (nSPS) is 10.6. The summed E-state index contributed by atoms with van der Waals surface area (Å²) >= 11 is 0. The van der Waals surface area contributed by atoms with Crippen LogP contribution in [-0.2, 0) is 19.4 Å². The van der Waals surface area contributed by atoms with Crippen LogP contribution in [0.25, 0.3) is 0 Å². The Morgan fingerprint density at radius 1 is 0.906 bits per heavy atom. The molecule has 166 valence electrons. The second-order valence-corrected chi connectivity index (χ2v) is 7.64. The van der Waals surface area contributed by atoms with Crippen molar-refractivity contribution in [2.75, 3.05) is 13.2 Å². The van der Waals surface area contributed by atoms with Gasteiger partial charge in [0, 0.05) is 17.7 Å². The van der Waals surface area contributed by atoms with Gasteiger partial charge in [-0.3, -0.25) is 9.59 Å². The molecule has 0 spiro atoms. The van der Waals surface area contributed by atoms with Gasteiger partial charge in [0.25, 0.3) is 5.91 Å². The molecule has 0 radical (unpaired) electrons. The summed E-state index contributed by atoms with van der Waals surface area (Å²) in [6.45, 7) is 2.16. The first kappa shape index (κ1) is 23.2. The summed E-state index contributed by atoms with van der Waals surface area (Å²) in [5.74, 6) is 0.611. The van der Waals surface area contributed by atoms with Gasteiger partial charge in [-0.25, -0.2) is 0 Å². The number of carbonyl (C=O) groups is 2. The van der Waals surface area contributed by atoms with Crippen LogP contribution in [-0.4, -0.2) is 29.9 Å². The minimum absolute atomic E-state index is 0.0201. The zero-order chi connectivity index (χ0) is 22.8. The number of rotatable bonds is 11. The molecule has 0 aliphatic rings. The van der Waals surface area contributed by atoms with Crippen LogP contribution in [0.1, 0.15) is 50.8 Å². The van der Waals surface area contributed by atoms with Gasteiger partial charge in [-0.15, -0.1) is 0 Å². The molecule has 0 saturated heterocycles. The Labute approximate surface area is 189 Å². The van der Waals surface area contributed by atoms with E-state index in [0.29, 0.717) is 24.2 Å². The van der Waals surface area contributed by atoms with Crippen LogP contribution in [0.15, 0.2) is 72.8 Å². The molecule has 1 amide bonds. The standard InChI is InChI=1S/C27H29NO4/c1-20(30)23-14-15-26(32-19-21-8-3-2-4-9-21)24(18-23)12-7-11-22-10-5-6-13-25(22)27(31)28-16-17-29/h2-6,8-10,13-15,18,29H,7,11-12,16-17,19H2,1H3,(H,28,31). The zero-order valence-corrected chi connectivity index (χ0v) is 18.3. The van der Waals surface area contributed by atoms with E-state index in [4.69, 9.17) is 9.84 Å². The predicted molar refractivity (Wildman–Crippen MR) is 125 cm³/mol. The topological polar surface area (TPSA) is 75.6 Å². The maximum absolute atomic E-state index is 12.4. The van der Waals surface area contributed by atoms with Crippen LogP contribution in [0.2, 0.25) is 0 Å². The van der Waals surface area contributed by atoms with Crippen LogP contribution >= 0.6 is 0 Å². The average molecular weight is 432 g/mol. The van der Waals surface area contributed by atoms with E-state index in [0.717, 1.165) is 35.3 Å². The Kier molecular flexibility index (Phi) is 8.58. The third kappa shape index (κ3) is 6.53. The molecule has 0 bridgehead atoms. The molecular formula is C27H29NO4. The molecule has 0 unspecified atom stereocenters. The lowest BCUT2D eigenvalue weighted by Crippen LogP contribution is -2.27. The first-order valence-electron chi connectivity index (χ1n) is 10.9. The van der Waals surface area contributed by atoms with Crippen LogP contribution in [0, 0.1) is 0 Å². The highest BCUT2D eigenvalue weighted by Crippen LogP contribution is 2.24. The number of amides is 1. The molecule has 5 heteroatoms. The Morgan fingerprint density at radius 3 is 2.38 bits per heavy atom.